The molecule has 0 saturated heterocycles. The van der Waals surface area contributed by atoms with Gasteiger partial charge in [-0.1, -0.05) is 0 Å². The van der Waals surface area contributed by atoms with E-state index in [1.54, 1.807) is 0 Å². The van der Waals surface area contributed by atoms with Crippen LogP contribution in [0.2, 0.25) is 0 Å². The van der Waals surface area contributed by atoms with Gasteiger partial charge in [0.25, 0.3) is 0 Å². The molecule has 70 valence electrons. The van der Waals surface area contributed by atoms with E-state index >= 15 is 0 Å². The zero-order valence-electron chi connectivity index (χ0n) is 7.47. The van der Waals surface area contributed by atoms with E-state index in [-0.39, 0.29) is 10.8 Å². The van der Waals surface area contributed by atoms with Crippen LogP contribution in [0.4, 0.5) is 0 Å². The van der Waals surface area contributed by atoms with Crippen LogP contribution >= 0.6 is 23.2 Å². The first-order valence-electron chi connectivity index (χ1n) is 4.96. The number of alkyl halides is 2. The molecule has 2 heteroatoms. The van der Waals surface area contributed by atoms with Gasteiger partial charge in [0.2, 0.25) is 0 Å². The van der Waals surface area contributed by atoms with Crippen LogP contribution in [-0.4, -0.2) is 10.8 Å². The number of hydrogen-bond donors (Lipinski definition) is 0. The summed E-state index contributed by atoms with van der Waals surface area (Å²) in [7, 11) is 0. The molecule has 0 N–H and O–H groups in total. The molecule has 0 spiro atoms. The van der Waals surface area contributed by atoms with Gasteiger partial charge in [-0.2, -0.15) is 0 Å². The Balaban J connectivity index is 1.68. The molecule has 0 bridgehead atoms. The van der Waals surface area contributed by atoms with Crippen molar-refractivity contribution >= 4 is 23.2 Å². The first kappa shape index (κ1) is 9.15. The van der Waals surface area contributed by atoms with Crippen molar-refractivity contribution in [3.63, 3.8) is 0 Å². The van der Waals surface area contributed by atoms with Crippen LogP contribution in [0.25, 0.3) is 0 Å². The Morgan fingerprint density at radius 3 is 2.50 bits per heavy atom. The van der Waals surface area contributed by atoms with Crippen LogP contribution in [0.3, 0.4) is 0 Å². The quantitative estimate of drug-likeness (QED) is 0.617. The Labute approximate surface area is 84.6 Å². The highest BCUT2D eigenvalue weighted by atomic mass is 35.5. The smallest absolute Gasteiger partial charge is 0.0499 e. The Morgan fingerprint density at radius 2 is 2.00 bits per heavy atom. The van der Waals surface area contributed by atoms with Crippen LogP contribution < -0.4 is 0 Å². The SMILES string of the molecule is CC(Cl)[C@@H](Cl)CC1CC1C1CC1. The Kier molecular flexibility index (Phi) is 2.58. The van der Waals surface area contributed by atoms with Gasteiger partial charge in [0, 0.05) is 10.8 Å². The molecule has 0 amide bonds. The molecule has 2 saturated carbocycles. The predicted octanol–water partition coefficient (Wildman–Crippen LogP) is 3.66. The van der Waals surface area contributed by atoms with Gasteiger partial charge in [-0.15, -0.1) is 23.2 Å². The summed E-state index contributed by atoms with van der Waals surface area (Å²) in [6.45, 7) is 1.99. The summed E-state index contributed by atoms with van der Waals surface area (Å²) in [5.74, 6) is 3.02. The monoisotopic (exact) mass is 206 g/mol. The van der Waals surface area contributed by atoms with Crippen LogP contribution in [0, 0.1) is 17.8 Å². The van der Waals surface area contributed by atoms with Crippen LogP contribution in [0.5, 0.6) is 0 Å². The molecule has 2 rings (SSSR count). The average molecular weight is 207 g/mol. The van der Waals surface area contributed by atoms with Gasteiger partial charge in [0.15, 0.2) is 0 Å². The van der Waals surface area contributed by atoms with Crippen molar-refractivity contribution in [3.05, 3.63) is 0 Å². The van der Waals surface area contributed by atoms with E-state index in [4.69, 9.17) is 23.2 Å². The normalized spacial score (nSPS) is 39.2. The van der Waals surface area contributed by atoms with E-state index in [9.17, 15) is 0 Å². The lowest BCUT2D eigenvalue weighted by atomic mass is 10.1. The third kappa shape index (κ3) is 2.09. The second-order valence-electron chi connectivity index (χ2n) is 4.43. The second kappa shape index (κ2) is 3.38. The van der Waals surface area contributed by atoms with E-state index in [0.29, 0.717) is 0 Å². The van der Waals surface area contributed by atoms with Crippen LogP contribution in [-0.2, 0) is 0 Å². The molecule has 4 atom stereocenters. The van der Waals surface area contributed by atoms with Gasteiger partial charge < -0.3 is 0 Å². The molecular formula is C10H16Cl2. The minimum absolute atomic E-state index is 0.132. The second-order valence-corrected chi connectivity index (χ2v) is 5.68. The summed E-state index contributed by atoms with van der Waals surface area (Å²) >= 11 is 12.0. The molecule has 2 aliphatic rings. The number of halogens is 2. The molecule has 12 heavy (non-hydrogen) atoms. The minimum atomic E-state index is 0.132. The third-order valence-electron chi connectivity index (χ3n) is 3.23. The first-order chi connectivity index (χ1) is 5.68. The predicted molar refractivity (Wildman–Crippen MR) is 53.9 cm³/mol. The zero-order valence-corrected chi connectivity index (χ0v) is 8.98. The van der Waals surface area contributed by atoms with E-state index in [1.165, 1.54) is 19.3 Å². The van der Waals surface area contributed by atoms with Crippen molar-refractivity contribution < 1.29 is 0 Å². The minimum Gasteiger partial charge on any atom is -0.122 e. The van der Waals surface area contributed by atoms with Gasteiger partial charge >= 0.3 is 0 Å². The van der Waals surface area contributed by atoms with Gasteiger partial charge in [-0.3, -0.25) is 0 Å². The average Bonchev–Trinajstić information content (AvgIpc) is 2.79. The molecule has 0 aromatic heterocycles. The van der Waals surface area contributed by atoms with Crippen LogP contribution in [0.15, 0.2) is 0 Å². The molecule has 0 nitrogen and oxygen atoms in total. The topological polar surface area (TPSA) is 0 Å². The molecule has 2 fully saturated rings. The van der Waals surface area contributed by atoms with E-state index in [0.717, 1.165) is 24.2 Å². The fraction of sp³-hybridized carbons (Fsp3) is 1.00. The van der Waals surface area contributed by atoms with Gasteiger partial charge in [0.1, 0.15) is 0 Å². The van der Waals surface area contributed by atoms with Crippen molar-refractivity contribution in [1.82, 2.24) is 0 Å². The third-order valence-corrected chi connectivity index (χ3v) is 4.22. The highest BCUT2D eigenvalue weighted by Crippen LogP contribution is 2.56. The maximum absolute atomic E-state index is 6.11. The van der Waals surface area contributed by atoms with Crippen molar-refractivity contribution in [2.45, 2.75) is 43.4 Å². The maximum atomic E-state index is 6.11. The molecule has 0 aromatic rings. The lowest BCUT2D eigenvalue weighted by Gasteiger charge is -2.10. The van der Waals surface area contributed by atoms with E-state index in [1.807, 2.05) is 6.92 Å². The van der Waals surface area contributed by atoms with Gasteiger partial charge in [-0.05, 0) is 50.4 Å². The molecule has 3 unspecified atom stereocenters. The summed E-state index contributed by atoms with van der Waals surface area (Å²) in [4.78, 5) is 0. The first-order valence-corrected chi connectivity index (χ1v) is 5.84. The molecule has 2 aliphatic carbocycles. The molecular weight excluding hydrogens is 191 g/mol. The van der Waals surface area contributed by atoms with Crippen LogP contribution in [0.1, 0.15) is 32.6 Å². The van der Waals surface area contributed by atoms with E-state index < -0.39 is 0 Å². The molecule has 0 heterocycles. The zero-order chi connectivity index (χ0) is 8.72. The van der Waals surface area contributed by atoms with Gasteiger partial charge in [0.05, 0.1) is 0 Å². The summed E-state index contributed by atoms with van der Waals surface area (Å²) in [6, 6.07) is 0. The van der Waals surface area contributed by atoms with Crippen molar-refractivity contribution in [2.24, 2.45) is 17.8 Å². The number of hydrogen-bond acceptors (Lipinski definition) is 0. The Morgan fingerprint density at radius 1 is 1.33 bits per heavy atom. The van der Waals surface area contributed by atoms with Crippen molar-refractivity contribution in [2.75, 3.05) is 0 Å². The van der Waals surface area contributed by atoms with E-state index in [2.05, 4.69) is 0 Å². The molecule has 0 aliphatic heterocycles. The highest BCUT2D eigenvalue weighted by Gasteiger charge is 2.47. The fourth-order valence-electron chi connectivity index (χ4n) is 2.12. The lowest BCUT2D eigenvalue weighted by Crippen LogP contribution is -2.11. The molecule has 0 aromatic carbocycles. The van der Waals surface area contributed by atoms with Gasteiger partial charge in [-0.25, -0.2) is 0 Å². The largest absolute Gasteiger partial charge is 0.122 e. The number of rotatable bonds is 4. The Bertz CT molecular complexity index is 163. The Hall–Kier alpha value is 0.580. The standard InChI is InChI=1S/C10H16Cl2/c1-6(11)10(12)5-8-4-9(8)7-2-3-7/h6-10H,2-5H2,1H3/t6?,8?,9?,10-/m0/s1. The summed E-state index contributed by atoms with van der Waals surface area (Å²) in [5, 5.41) is 0.326. The summed E-state index contributed by atoms with van der Waals surface area (Å²) in [6.07, 6.45) is 5.53. The molecule has 0 radical (unpaired) electrons. The van der Waals surface area contributed by atoms with Crippen molar-refractivity contribution in [3.8, 4) is 0 Å². The van der Waals surface area contributed by atoms with Crippen molar-refractivity contribution in [1.29, 1.82) is 0 Å². The highest BCUT2D eigenvalue weighted by molar-refractivity contribution is 6.29. The fourth-order valence-corrected chi connectivity index (χ4v) is 2.45. The summed E-state index contributed by atoms with van der Waals surface area (Å²) < 4.78 is 0. The summed E-state index contributed by atoms with van der Waals surface area (Å²) in [5.41, 5.74) is 0. The maximum Gasteiger partial charge on any atom is 0.0499 e. The lowest BCUT2D eigenvalue weighted by molar-refractivity contribution is 0.574.